The van der Waals surface area contributed by atoms with Crippen LogP contribution >= 0.6 is 0 Å². The smallest absolute Gasteiger partial charge is 0.130 e. The number of imidazole rings is 1. The molecule has 0 fully saturated rings. The third-order valence-electron chi connectivity index (χ3n) is 2.80. The minimum atomic E-state index is -0.143. The van der Waals surface area contributed by atoms with Gasteiger partial charge >= 0.3 is 0 Å². The summed E-state index contributed by atoms with van der Waals surface area (Å²) in [5.41, 5.74) is 8.55. The van der Waals surface area contributed by atoms with Crippen molar-refractivity contribution in [2.24, 2.45) is 5.73 Å². The predicted octanol–water partition coefficient (Wildman–Crippen LogP) is 2.26. The summed E-state index contributed by atoms with van der Waals surface area (Å²) in [6.45, 7) is 5.06. The molecule has 0 saturated carbocycles. The third kappa shape index (κ3) is 1.99. The van der Waals surface area contributed by atoms with Crippen molar-refractivity contribution in [2.45, 2.75) is 26.4 Å². The molecule has 2 aromatic rings. The largest absolute Gasteiger partial charge is 0.334 e. The molecule has 0 aliphatic heterocycles. The summed E-state index contributed by atoms with van der Waals surface area (Å²) in [6, 6.07) is 8.14. The van der Waals surface area contributed by atoms with Gasteiger partial charge in [-0.3, -0.25) is 0 Å². The Hall–Kier alpha value is -1.61. The van der Waals surface area contributed by atoms with Crippen molar-refractivity contribution in [2.75, 3.05) is 0 Å². The second-order valence-electron chi connectivity index (χ2n) is 3.96. The molecule has 3 heteroatoms. The Morgan fingerprint density at radius 3 is 2.62 bits per heavy atom. The lowest BCUT2D eigenvalue weighted by atomic mass is 10.1. The maximum absolute atomic E-state index is 6.20. The normalized spacial score (nSPS) is 12.7. The summed E-state index contributed by atoms with van der Waals surface area (Å²) < 4.78 is 2.07. The second-order valence-corrected chi connectivity index (χ2v) is 3.96. The topological polar surface area (TPSA) is 43.8 Å². The van der Waals surface area contributed by atoms with Gasteiger partial charge in [0, 0.05) is 18.9 Å². The van der Waals surface area contributed by atoms with Crippen LogP contribution in [0.1, 0.15) is 29.9 Å². The number of hydrogen-bond donors (Lipinski definition) is 1. The average Bonchev–Trinajstić information content (AvgIpc) is 2.77. The summed E-state index contributed by atoms with van der Waals surface area (Å²) in [4.78, 5) is 4.32. The first-order valence-corrected chi connectivity index (χ1v) is 5.55. The van der Waals surface area contributed by atoms with Crippen LogP contribution < -0.4 is 5.73 Å². The van der Waals surface area contributed by atoms with E-state index in [0.29, 0.717) is 0 Å². The quantitative estimate of drug-likeness (QED) is 0.853. The molecule has 0 aliphatic rings. The Labute approximate surface area is 95.9 Å². The van der Waals surface area contributed by atoms with Gasteiger partial charge in [0.2, 0.25) is 0 Å². The van der Waals surface area contributed by atoms with Crippen LogP contribution in [0.2, 0.25) is 0 Å². The zero-order chi connectivity index (χ0) is 11.5. The molecular formula is C13H17N3. The molecule has 3 nitrogen and oxygen atoms in total. The molecule has 1 unspecified atom stereocenters. The fourth-order valence-corrected chi connectivity index (χ4v) is 1.79. The van der Waals surface area contributed by atoms with Gasteiger partial charge in [0.05, 0.1) is 6.04 Å². The van der Waals surface area contributed by atoms with E-state index in [-0.39, 0.29) is 6.04 Å². The van der Waals surface area contributed by atoms with Crippen LogP contribution in [-0.2, 0) is 6.54 Å². The first-order chi connectivity index (χ1) is 7.72. The number of benzene rings is 1. The zero-order valence-electron chi connectivity index (χ0n) is 9.72. The van der Waals surface area contributed by atoms with Crippen LogP contribution in [0.25, 0.3) is 0 Å². The maximum atomic E-state index is 6.20. The standard InChI is InChI=1S/C13H17N3/c1-3-16-9-8-15-13(16)12(14)11-6-4-10(2)5-7-11/h4-9,12H,3,14H2,1-2H3. The maximum Gasteiger partial charge on any atom is 0.130 e. The molecule has 0 radical (unpaired) electrons. The molecule has 16 heavy (non-hydrogen) atoms. The third-order valence-corrected chi connectivity index (χ3v) is 2.80. The summed E-state index contributed by atoms with van der Waals surface area (Å²) in [7, 11) is 0. The lowest BCUT2D eigenvalue weighted by Gasteiger charge is -2.13. The van der Waals surface area contributed by atoms with Gasteiger partial charge in [0.15, 0.2) is 0 Å². The number of nitrogens with two attached hydrogens (primary N) is 1. The fraction of sp³-hybridized carbons (Fsp3) is 0.308. The Balaban J connectivity index is 2.31. The van der Waals surface area contributed by atoms with Gasteiger partial charge in [-0.2, -0.15) is 0 Å². The van der Waals surface area contributed by atoms with Crippen molar-refractivity contribution in [1.82, 2.24) is 9.55 Å². The molecule has 0 bridgehead atoms. The highest BCUT2D eigenvalue weighted by Gasteiger charge is 2.13. The minimum absolute atomic E-state index is 0.143. The fourth-order valence-electron chi connectivity index (χ4n) is 1.79. The van der Waals surface area contributed by atoms with E-state index in [1.54, 1.807) is 6.20 Å². The Morgan fingerprint density at radius 1 is 1.31 bits per heavy atom. The first kappa shape index (κ1) is 10.9. The predicted molar refractivity (Wildman–Crippen MR) is 65.1 cm³/mol. The number of aryl methyl sites for hydroxylation is 2. The van der Waals surface area contributed by atoms with Gasteiger partial charge in [-0.25, -0.2) is 4.98 Å². The number of hydrogen-bond acceptors (Lipinski definition) is 2. The number of aromatic nitrogens is 2. The molecule has 1 aromatic heterocycles. The highest BCUT2D eigenvalue weighted by Crippen LogP contribution is 2.18. The van der Waals surface area contributed by atoms with Crippen LogP contribution in [0, 0.1) is 6.92 Å². The van der Waals surface area contributed by atoms with Crippen LogP contribution in [0.4, 0.5) is 0 Å². The van der Waals surface area contributed by atoms with Gasteiger partial charge in [-0.15, -0.1) is 0 Å². The SMILES string of the molecule is CCn1ccnc1C(N)c1ccc(C)cc1. The minimum Gasteiger partial charge on any atom is -0.334 e. The van der Waals surface area contributed by atoms with Gasteiger partial charge in [0.25, 0.3) is 0 Å². The van der Waals surface area contributed by atoms with Crippen molar-refractivity contribution >= 4 is 0 Å². The van der Waals surface area contributed by atoms with Gasteiger partial charge in [-0.05, 0) is 19.4 Å². The van der Waals surface area contributed by atoms with Crippen LogP contribution in [0.15, 0.2) is 36.7 Å². The summed E-state index contributed by atoms with van der Waals surface area (Å²) in [6.07, 6.45) is 3.76. The zero-order valence-corrected chi connectivity index (χ0v) is 9.72. The highest BCUT2D eigenvalue weighted by molar-refractivity contribution is 5.27. The van der Waals surface area contributed by atoms with E-state index in [0.717, 1.165) is 17.9 Å². The lowest BCUT2D eigenvalue weighted by molar-refractivity contribution is 0.656. The molecule has 0 amide bonds. The number of rotatable bonds is 3. The highest BCUT2D eigenvalue weighted by atomic mass is 15.1. The van der Waals surface area contributed by atoms with Crippen molar-refractivity contribution in [3.63, 3.8) is 0 Å². The summed E-state index contributed by atoms with van der Waals surface area (Å²) in [5, 5.41) is 0. The summed E-state index contributed by atoms with van der Waals surface area (Å²) >= 11 is 0. The van der Waals surface area contributed by atoms with E-state index in [1.807, 2.05) is 6.20 Å². The molecule has 1 heterocycles. The molecule has 0 aliphatic carbocycles. The monoisotopic (exact) mass is 215 g/mol. The average molecular weight is 215 g/mol. The van der Waals surface area contributed by atoms with Crippen LogP contribution in [0.5, 0.6) is 0 Å². The van der Waals surface area contributed by atoms with Gasteiger partial charge in [-0.1, -0.05) is 29.8 Å². The van der Waals surface area contributed by atoms with Crippen molar-refractivity contribution in [1.29, 1.82) is 0 Å². The molecule has 2 N–H and O–H groups in total. The molecular weight excluding hydrogens is 198 g/mol. The van der Waals surface area contributed by atoms with E-state index < -0.39 is 0 Å². The Morgan fingerprint density at radius 2 is 2.00 bits per heavy atom. The van der Waals surface area contributed by atoms with Crippen LogP contribution in [-0.4, -0.2) is 9.55 Å². The number of nitrogens with zero attached hydrogens (tertiary/aromatic N) is 2. The van der Waals surface area contributed by atoms with Crippen LogP contribution in [0.3, 0.4) is 0 Å². The molecule has 0 spiro atoms. The first-order valence-electron chi connectivity index (χ1n) is 5.55. The second kappa shape index (κ2) is 4.49. The van der Waals surface area contributed by atoms with E-state index >= 15 is 0 Å². The molecule has 1 aromatic carbocycles. The molecule has 2 rings (SSSR count). The van der Waals surface area contributed by atoms with Gasteiger partial charge in [0.1, 0.15) is 5.82 Å². The van der Waals surface area contributed by atoms with E-state index in [1.165, 1.54) is 5.56 Å². The Kier molecular flexibility index (Phi) is 3.06. The van der Waals surface area contributed by atoms with E-state index in [2.05, 4.69) is 47.7 Å². The van der Waals surface area contributed by atoms with E-state index in [9.17, 15) is 0 Å². The van der Waals surface area contributed by atoms with E-state index in [4.69, 9.17) is 5.73 Å². The molecule has 1 atom stereocenters. The lowest BCUT2D eigenvalue weighted by Crippen LogP contribution is -2.17. The van der Waals surface area contributed by atoms with Gasteiger partial charge < -0.3 is 10.3 Å². The van der Waals surface area contributed by atoms with Crippen molar-refractivity contribution < 1.29 is 0 Å². The van der Waals surface area contributed by atoms with Crippen molar-refractivity contribution in [3.8, 4) is 0 Å². The summed E-state index contributed by atoms with van der Waals surface area (Å²) in [5.74, 6) is 0.923. The Bertz CT molecular complexity index is 456. The molecule has 84 valence electrons. The molecule has 0 saturated heterocycles. The van der Waals surface area contributed by atoms with Crippen molar-refractivity contribution in [3.05, 3.63) is 53.6 Å².